The third-order valence-electron chi connectivity index (χ3n) is 6.96. The van der Waals surface area contributed by atoms with E-state index in [2.05, 4.69) is 143 Å². The molecule has 0 bridgehead atoms. The SMILES string of the molecule is c1ccc(-c2ccc(Nc3ccc4c5ccccc5n(-c5cccc6ccccc56)c4c3)cc2)cc1. The van der Waals surface area contributed by atoms with Crippen molar-refractivity contribution in [2.45, 2.75) is 0 Å². The van der Waals surface area contributed by atoms with Gasteiger partial charge in [-0.1, -0.05) is 103 Å². The van der Waals surface area contributed by atoms with Crippen molar-refractivity contribution in [2.24, 2.45) is 0 Å². The number of fused-ring (bicyclic) bond motifs is 4. The minimum atomic E-state index is 1.07. The van der Waals surface area contributed by atoms with Crippen LogP contribution in [0.25, 0.3) is 49.4 Å². The van der Waals surface area contributed by atoms with Gasteiger partial charge in [0, 0.05) is 27.5 Å². The monoisotopic (exact) mass is 460 g/mol. The topological polar surface area (TPSA) is 17.0 Å². The quantitative estimate of drug-likeness (QED) is 0.277. The van der Waals surface area contributed by atoms with Crippen LogP contribution in [0, 0.1) is 0 Å². The molecule has 1 aromatic heterocycles. The molecule has 0 saturated heterocycles. The molecule has 7 rings (SSSR count). The van der Waals surface area contributed by atoms with Gasteiger partial charge >= 0.3 is 0 Å². The first-order chi connectivity index (χ1) is 17.8. The number of para-hydroxylation sites is 1. The third kappa shape index (κ3) is 3.43. The molecule has 0 amide bonds. The molecule has 0 unspecified atom stereocenters. The lowest BCUT2D eigenvalue weighted by Crippen LogP contribution is -1.96. The summed E-state index contributed by atoms with van der Waals surface area (Å²) in [6.07, 6.45) is 0. The maximum absolute atomic E-state index is 3.62. The minimum absolute atomic E-state index is 1.07. The molecule has 0 aliphatic heterocycles. The smallest absolute Gasteiger partial charge is 0.0562 e. The molecule has 7 aromatic rings. The molecule has 0 fully saturated rings. The number of anilines is 2. The second kappa shape index (κ2) is 8.44. The van der Waals surface area contributed by atoms with Crippen LogP contribution in [0.15, 0.2) is 140 Å². The molecule has 6 aromatic carbocycles. The standard InChI is InChI=1S/C34H24N2/c1-2-9-24(10-3-1)25-17-19-27(20-18-25)35-28-21-22-31-30-14-6-7-15-33(30)36(34(31)23-28)32-16-8-12-26-11-4-5-13-29(26)32/h1-23,35H. The van der Waals surface area contributed by atoms with Gasteiger partial charge in [-0.2, -0.15) is 0 Å². The minimum Gasteiger partial charge on any atom is -0.355 e. The lowest BCUT2D eigenvalue weighted by molar-refractivity contribution is 1.20. The van der Waals surface area contributed by atoms with E-state index in [0.717, 1.165) is 11.4 Å². The highest BCUT2D eigenvalue weighted by Crippen LogP contribution is 2.36. The summed E-state index contributed by atoms with van der Waals surface area (Å²) in [7, 11) is 0. The lowest BCUT2D eigenvalue weighted by Gasteiger charge is -2.13. The van der Waals surface area contributed by atoms with Gasteiger partial charge in [0.15, 0.2) is 0 Å². The van der Waals surface area contributed by atoms with E-state index in [1.165, 1.54) is 49.4 Å². The Kier molecular flexibility index (Phi) is 4.82. The van der Waals surface area contributed by atoms with Crippen LogP contribution < -0.4 is 5.32 Å². The van der Waals surface area contributed by atoms with Crippen molar-refractivity contribution in [1.29, 1.82) is 0 Å². The fourth-order valence-electron chi connectivity index (χ4n) is 5.25. The van der Waals surface area contributed by atoms with Crippen molar-refractivity contribution in [3.05, 3.63) is 140 Å². The normalized spacial score (nSPS) is 11.3. The molecule has 0 radical (unpaired) electrons. The predicted octanol–water partition coefficient (Wildman–Crippen LogP) is 9.35. The largest absolute Gasteiger partial charge is 0.355 e. The van der Waals surface area contributed by atoms with Gasteiger partial charge in [0.25, 0.3) is 0 Å². The first-order valence-electron chi connectivity index (χ1n) is 12.3. The number of rotatable bonds is 4. The first kappa shape index (κ1) is 20.5. The molecule has 170 valence electrons. The van der Waals surface area contributed by atoms with E-state index in [0.29, 0.717) is 0 Å². The zero-order valence-corrected chi connectivity index (χ0v) is 19.7. The number of hydrogen-bond donors (Lipinski definition) is 1. The third-order valence-corrected chi connectivity index (χ3v) is 6.96. The summed E-state index contributed by atoms with van der Waals surface area (Å²) < 4.78 is 2.40. The summed E-state index contributed by atoms with van der Waals surface area (Å²) in [6, 6.07) is 49.6. The molecule has 0 aliphatic rings. The fourth-order valence-corrected chi connectivity index (χ4v) is 5.25. The highest BCUT2D eigenvalue weighted by Gasteiger charge is 2.14. The maximum Gasteiger partial charge on any atom is 0.0562 e. The number of benzene rings is 6. The fraction of sp³-hybridized carbons (Fsp3) is 0. The highest BCUT2D eigenvalue weighted by atomic mass is 15.0. The van der Waals surface area contributed by atoms with Gasteiger partial charge in [-0.05, 0) is 52.9 Å². The van der Waals surface area contributed by atoms with Gasteiger partial charge in [0.1, 0.15) is 0 Å². The average molecular weight is 461 g/mol. The summed E-state index contributed by atoms with van der Waals surface area (Å²) in [5.41, 5.74) is 8.19. The van der Waals surface area contributed by atoms with Crippen molar-refractivity contribution < 1.29 is 0 Å². The zero-order chi connectivity index (χ0) is 23.9. The van der Waals surface area contributed by atoms with Crippen LogP contribution in [0.2, 0.25) is 0 Å². The molecule has 1 heterocycles. The highest BCUT2D eigenvalue weighted by molar-refractivity contribution is 6.11. The average Bonchev–Trinajstić information content (AvgIpc) is 3.27. The molecule has 2 nitrogen and oxygen atoms in total. The van der Waals surface area contributed by atoms with Crippen LogP contribution in [0.5, 0.6) is 0 Å². The molecule has 0 aliphatic carbocycles. The Balaban J connectivity index is 1.35. The van der Waals surface area contributed by atoms with Crippen LogP contribution in [0.3, 0.4) is 0 Å². The zero-order valence-electron chi connectivity index (χ0n) is 19.7. The lowest BCUT2D eigenvalue weighted by atomic mass is 10.1. The summed E-state index contributed by atoms with van der Waals surface area (Å²) in [6.45, 7) is 0. The second-order valence-corrected chi connectivity index (χ2v) is 9.15. The molecular formula is C34H24N2. The van der Waals surface area contributed by atoms with Crippen LogP contribution in [0.4, 0.5) is 11.4 Å². The van der Waals surface area contributed by atoms with E-state index in [1.807, 2.05) is 6.07 Å². The summed E-state index contributed by atoms with van der Waals surface area (Å²) in [5.74, 6) is 0. The summed E-state index contributed by atoms with van der Waals surface area (Å²) in [5, 5.41) is 8.63. The van der Waals surface area contributed by atoms with Crippen LogP contribution in [-0.2, 0) is 0 Å². The molecular weight excluding hydrogens is 436 g/mol. The Bertz CT molecular complexity index is 1840. The van der Waals surface area contributed by atoms with E-state index in [9.17, 15) is 0 Å². The van der Waals surface area contributed by atoms with Gasteiger partial charge in [-0.3, -0.25) is 0 Å². The molecule has 2 heteroatoms. The number of nitrogens with one attached hydrogen (secondary N) is 1. The van der Waals surface area contributed by atoms with Crippen molar-refractivity contribution in [3.8, 4) is 16.8 Å². The first-order valence-corrected chi connectivity index (χ1v) is 12.3. The molecule has 0 saturated carbocycles. The van der Waals surface area contributed by atoms with Crippen molar-refractivity contribution >= 4 is 44.0 Å². The van der Waals surface area contributed by atoms with Gasteiger partial charge in [0.05, 0.1) is 16.7 Å². The maximum atomic E-state index is 3.62. The Morgan fingerprint density at radius 3 is 1.92 bits per heavy atom. The summed E-state index contributed by atoms with van der Waals surface area (Å²) in [4.78, 5) is 0. The van der Waals surface area contributed by atoms with Crippen molar-refractivity contribution in [3.63, 3.8) is 0 Å². The Hall–Kier alpha value is -4.82. The van der Waals surface area contributed by atoms with Gasteiger partial charge < -0.3 is 9.88 Å². The van der Waals surface area contributed by atoms with Gasteiger partial charge in [-0.25, -0.2) is 0 Å². The predicted molar refractivity (Wildman–Crippen MR) is 153 cm³/mol. The van der Waals surface area contributed by atoms with E-state index < -0.39 is 0 Å². The van der Waals surface area contributed by atoms with E-state index in [-0.39, 0.29) is 0 Å². The number of hydrogen-bond acceptors (Lipinski definition) is 1. The number of aromatic nitrogens is 1. The molecule has 0 atom stereocenters. The molecule has 0 spiro atoms. The van der Waals surface area contributed by atoms with Crippen molar-refractivity contribution in [2.75, 3.05) is 5.32 Å². The van der Waals surface area contributed by atoms with E-state index in [1.54, 1.807) is 0 Å². The Labute approximate surface area is 210 Å². The van der Waals surface area contributed by atoms with E-state index >= 15 is 0 Å². The Morgan fingerprint density at radius 1 is 0.417 bits per heavy atom. The Morgan fingerprint density at radius 2 is 1.06 bits per heavy atom. The molecule has 36 heavy (non-hydrogen) atoms. The summed E-state index contributed by atoms with van der Waals surface area (Å²) >= 11 is 0. The van der Waals surface area contributed by atoms with Crippen molar-refractivity contribution in [1.82, 2.24) is 4.57 Å². The molecule has 1 N–H and O–H groups in total. The van der Waals surface area contributed by atoms with Gasteiger partial charge in [0.2, 0.25) is 0 Å². The van der Waals surface area contributed by atoms with E-state index in [4.69, 9.17) is 0 Å². The number of nitrogens with zero attached hydrogens (tertiary/aromatic N) is 1. The van der Waals surface area contributed by atoms with Crippen LogP contribution in [-0.4, -0.2) is 4.57 Å². The van der Waals surface area contributed by atoms with Crippen LogP contribution >= 0.6 is 0 Å². The van der Waals surface area contributed by atoms with Gasteiger partial charge in [-0.15, -0.1) is 0 Å². The van der Waals surface area contributed by atoms with Crippen LogP contribution in [0.1, 0.15) is 0 Å². The second-order valence-electron chi connectivity index (χ2n) is 9.15.